The van der Waals surface area contributed by atoms with Gasteiger partial charge in [0.15, 0.2) is 0 Å². The third kappa shape index (κ3) is 3.52. The number of rotatable bonds is 6. The van der Waals surface area contributed by atoms with Crippen LogP contribution in [0.1, 0.15) is 24.3 Å². The minimum Gasteiger partial charge on any atom is -0.377 e. The van der Waals surface area contributed by atoms with Gasteiger partial charge in [-0.05, 0) is 31.7 Å². The smallest absolute Gasteiger partial charge is 0.242 e. The molecule has 104 valence electrons. The Bertz CT molecular complexity index is 506. The fraction of sp³-hybridized carbons (Fsp3) is 0.636. The highest BCUT2D eigenvalue weighted by Crippen LogP contribution is 2.26. The van der Waals surface area contributed by atoms with Gasteiger partial charge in [0.25, 0.3) is 0 Å². The molecule has 1 heterocycles. The summed E-state index contributed by atoms with van der Waals surface area (Å²) in [7, 11) is -1.98. The molecule has 1 aromatic heterocycles. The van der Waals surface area contributed by atoms with Gasteiger partial charge in [-0.2, -0.15) is 0 Å². The Kier molecular flexibility index (Phi) is 4.90. The van der Waals surface area contributed by atoms with E-state index in [2.05, 4.69) is 4.72 Å². The van der Waals surface area contributed by atoms with Gasteiger partial charge in [-0.25, -0.2) is 13.1 Å². The molecule has 0 bridgehead atoms. The maximum Gasteiger partial charge on any atom is 0.242 e. The fourth-order valence-electron chi connectivity index (χ4n) is 1.40. The van der Waals surface area contributed by atoms with E-state index in [9.17, 15) is 8.42 Å². The average molecular weight is 292 g/mol. The number of hydrogen-bond donors (Lipinski definition) is 2. The highest BCUT2D eigenvalue weighted by molar-refractivity contribution is 7.89. The van der Waals surface area contributed by atoms with Crippen molar-refractivity contribution >= 4 is 21.4 Å². The van der Waals surface area contributed by atoms with Gasteiger partial charge in [0, 0.05) is 25.1 Å². The third-order valence-electron chi connectivity index (χ3n) is 2.68. The van der Waals surface area contributed by atoms with Gasteiger partial charge < -0.3 is 10.5 Å². The molecule has 0 aromatic carbocycles. The maximum absolute atomic E-state index is 12.2. The predicted molar refractivity (Wildman–Crippen MR) is 73.2 cm³/mol. The SMILES string of the molecule is COC(C)(C)CNS(=O)(=O)c1c(C)csc1CN. The first kappa shape index (κ1) is 15.6. The quantitative estimate of drug-likeness (QED) is 0.826. The number of thiophene rings is 1. The number of hydrogen-bond acceptors (Lipinski definition) is 5. The topological polar surface area (TPSA) is 81.4 Å². The normalized spacial score (nSPS) is 12.9. The Morgan fingerprint density at radius 3 is 2.61 bits per heavy atom. The van der Waals surface area contributed by atoms with E-state index in [0.29, 0.717) is 9.77 Å². The van der Waals surface area contributed by atoms with Crippen LogP contribution in [0.2, 0.25) is 0 Å². The monoisotopic (exact) mass is 292 g/mol. The van der Waals surface area contributed by atoms with Crippen molar-refractivity contribution in [3.8, 4) is 0 Å². The highest BCUT2D eigenvalue weighted by atomic mass is 32.2. The number of nitrogens with two attached hydrogens (primary N) is 1. The van der Waals surface area contributed by atoms with Gasteiger partial charge in [-0.15, -0.1) is 11.3 Å². The molecule has 0 radical (unpaired) electrons. The third-order valence-corrected chi connectivity index (χ3v) is 5.57. The van der Waals surface area contributed by atoms with Gasteiger partial charge in [0.2, 0.25) is 10.0 Å². The van der Waals surface area contributed by atoms with E-state index < -0.39 is 15.6 Å². The highest BCUT2D eigenvalue weighted by Gasteiger charge is 2.25. The molecule has 1 aromatic rings. The van der Waals surface area contributed by atoms with Gasteiger partial charge in [-0.3, -0.25) is 0 Å². The Labute approximate surface area is 112 Å². The lowest BCUT2D eigenvalue weighted by Crippen LogP contribution is -2.40. The van der Waals surface area contributed by atoms with Crippen molar-refractivity contribution in [3.63, 3.8) is 0 Å². The molecule has 18 heavy (non-hydrogen) atoms. The van der Waals surface area contributed by atoms with E-state index in [1.165, 1.54) is 11.3 Å². The van der Waals surface area contributed by atoms with Crippen LogP contribution in [-0.2, 0) is 21.3 Å². The summed E-state index contributed by atoms with van der Waals surface area (Å²) in [5, 5.41) is 1.80. The first-order valence-electron chi connectivity index (χ1n) is 5.55. The first-order valence-corrected chi connectivity index (χ1v) is 7.91. The molecule has 7 heteroatoms. The van der Waals surface area contributed by atoms with Crippen LogP contribution in [-0.4, -0.2) is 27.7 Å². The minimum absolute atomic E-state index is 0.213. The lowest BCUT2D eigenvalue weighted by molar-refractivity contribution is 0.0276. The Hall–Kier alpha value is -0.470. The second-order valence-electron chi connectivity index (χ2n) is 4.66. The molecule has 5 nitrogen and oxygen atoms in total. The number of methoxy groups -OCH3 is 1. The van der Waals surface area contributed by atoms with Crippen molar-refractivity contribution in [1.29, 1.82) is 0 Å². The molecular weight excluding hydrogens is 272 g/mol. The molecule has 0 amide bonds. The Morgan fingerprint density at radius 2 is 2.11 bits per heavy atom. The van der Waals surface area contributed by atoms with Crippen LogP contribution >= 0.6 is 11.3 Å². The van der Waals surface area contributed by atoms with Gasteiger partial charge in [0.05, 0.1) is 5.60 Å². The fourth-order valence-corrected chi connectivity index (χ4v) is 4.30. The summed E-state index contributed by atoms with van der Waals surface area (Å²) in [6, 6.07) is 0. The summed E-state index contributed by atoms with van der Waals surface area (Å²) in [4.78, 5) is 0.983. The van der Waals surface area contributed by atoms with Gasteiger partial charge in [-0.1, -0.05) is 0 Å². The van der Waals surface area contributed by atoms with E-state index in [0.717, 1.165) is 5.56 Å². The van der Waals surface area contributed by atoms with Crippen molar-refractivity contribution in [3.05, 3.63) is 15.8 Å². The van der Waals surface area contributed by atoms with Crippen molar-refractivity contribution in [2.45, 2.75) is 37.8 Å². The van der Waals surface area contributed by atoms with Crippen LogP contribution in [0.15, 0.2) is 10.3 Å². The molecule has 3 N–H and O–H groups in total. The second kappa shape index (κ2) is 5.66. The second-order valence-corrected chi connectivity index (χ2v) is 7.33. The molecule has 1 rings (SSSR count). The summed E-state index contributed by atoms with van der Waals surface area (Å²) in [5.74, 6) is 0. The molecule has 0 aliphatic heterocycles. The number of nitrogens with one attached hydrogen (secondary N) is 1. The van der Waals surface area contributed by atoms with Crippen LogP contribution in [0.5, 0.6) is 0 Å². The molecule has 0 fully saturated rings. The van der Waals surface area contributed by atoms with Crippen LogP contribution in [0.25, 0.3) is 0 Å². The van der Waals surface area contributed by atoms with E-state index in [4.69, 9.17) is 10.5 Å². The lowest BCUT2D eigenvalue weighted by Gasteiger charge is -2.23. The first-order chi connectivity index (χ1) is 8.23. The molecule has 0 unspecified atom stereocenters. The number of ether oxygens (including phenoxy) is 1. The Morgan fingerprint density at radius 1 is 1.50 bits per heavy atom. The molecule has 0 atom stereocenters. The van der Waals surface area contributed by atoms with Crippen LogP contribution in [0, 0.1) is 6.92 Å². The zero-order valence-corrected chi connectivity index (χ0v) is 12.7. The van der Waals surface area contributed by atoms with Crippen molar-refractivity contribution in [2.24, 2.45) is 5.73 Å². The van der Waals surface area contributed by atoms with Crippen LogP contribution < -0.4 is 10.5 Å². The van der Waals surface area contributed by atoms with Crippen LogP contribution in [0.4, 0.5) is 0 Å². The number of sulfonamides is 1. The zero-order valence-electron chi connectivity index (χ0n) is 11.1. The summed E-state index contributed by atoms with van der Waals surface area (Å²) in [6.45, 7) is 5.85. The average Bonchev–Trinajstić information content (AvgIpc) is 2.69. The van der Waals surface area contributed by atoms with E-state index in [1.807, 2.05) is 13.8 Å². The largest absolute Gasteiger partial charge is 0.377 e. The summed E-state index contributed by atoms with van der Waals surface area (Å²) < 4.78 is 32.2. The molecule has 0 saturated heterocycles. The van der Waals surface area contributed by atoms with Gasteiger partial charge in [0.1, 0.15) is 4.90 Å². The summed E-state index contributed by atoms with van der Waals surface area (Å²) >= 11 is 1.37. The summed E-state index contributed by atoms with van der Waals surface area (Å²) in [5.41, 5.74) is 5.75. The summed E-state index contributed by atoms with van der Waals surface area (Å²) in [6.07, 6.45) is 0. The molecular formula is C11H20N2O3S2. The van der Waals surface area contributed by atoms with E-state index in [1.54, 1.807) is 19.4 Å². The minimum atomic E-state index is -3.53. The molecule has 0 aliphatic rings. The molecule has 0 spiro atoms. The molecule has 0 saturated carbocycles. The zero-order chi connectivity index (χ0) is 14.0. The predicted octanol–water partition coefficient (Wildman–Crippen LogP) is 1.22. The van der Waals surface area contributed by atoms with Crippen molar-refractivity contribution in [2.75, 3.05) is 13.7 Å². The Balaban J connectivity index is 2.97. The molecule has 0 aliphatic carbocycles. The van der Waals surface area contributed by atoms with Crippen LogP contribution in [0.3, 0.4) is 0 Å². The van der Waals surface area contributed by atoms with Crippen molar-refractivity contribution < 1.29 is 13.2 Å². The standard InChI is InChI=1S/C11H20N2O3S2/c1-8-6-17-9(5-12)10(8)18(14,15)13-7-11(2,3)16-4/h6,13H,5,7,12H2,1-4H3. The van der Waals surface area contributed by atoms with E-state index >= 15 is 0 Å². The van der Waals surface area contributed by atoms with Gasteiger partial charge >= 0.3 is 0 Å². The number of aryl methyl sites for hydroxylation is 1. The van der Waals surface area contributed by atoms with Crippen molar-refractivity contribution in [1.82, 2.24) is 4.72 Å². The lowest BCUT2D eigenvalue weighted by atomic mass is 10.1. The van der Waals surface area contributed by atoms with E-state index in [-0.39, 0.29) is 13.1 Å². The maximum atomic E-state index is 12.2.